The maximum Gasteiger partial charge on any atom is 0.159 e. The van der Waals surface area contributed by atoms with Crippen molar-refractivity contribution in [3.63, 3.8) is 0 Å². The number of thiazole rings is 1. The van der Waals surface area contributed by atoms with E-state index in [1.807, 2.05) is 24.3 Å². The normalized spacial score (nSPS) is 11.1. The molecular formula is C22H15BrFN7S. The molecule has 32 heavy (non-hydrogen) atoms. The number of pyridine rings is 1. The van der Waals surface area contributed by atoms with Crippen molar-refractivity contribution < 1.29 is 4.39 Å². The molecule has 0 unspecified atom stereocenters. The first-order valence-corrected chi connectivity index (χ1v) is 11.2. The van der Waals surface area contributed by atoms with Gasteiger partial charge < -0.3 is 10.6 Å². The van der Waals surface area contributed by atoms with E-state index in [1.54, 1.807) is 24.5 Å². The van der Waals surface area contributed by atoms with Crippen molar-refractivity contribution in [3.05, 3.63) is 82.0 Å². The van der Waals surface area contributed by atoms with Crippen LogP contribution < -0.4 is 10.6 Å². The van der Waals surface area contributed by atoms with Crippen molar-refractivity contribution >= 4 is 65.7 Å². The third kappa shape index (κ3) is 4.02. The standard InChI is InChI=1S/C22H15BrFN7S/c23-13-1-2-15(14(24)9-13)30-21-18-16(28-11-29-21)3-4-17-19(18)32-22(31-17)20(25)27-10-12-5-7-26-8-6-12/h1-9,11H,10H2,(H2,25,27)(H,28,29,30). The van der Waals surface area contributed by atoms with E-state index in [0.29, 0.717) is 33.0 Å². The summed E-state index contributed by atoms with van der Waals surface area (Å²) in [5.74, 6) is 0.306. The first kappa shape index (κ1) is 20.4. The lowest BCUT2D eigenvalue weighted by molar-refractivity contribution is 0.631. The molecular weight excluding hydrogens is 493 g/mol. The van der Waals surface area contributed by atoms with E-state index in [2.05, 4.69) is 46.5 Å². The number of aromatic nitrogens is 4. The first-order valence-electron chi connectivity index (χ1n) is 9.56. The number of hydrogen-bond donors (Lipinski definition) is 3. The molecule has 0 aliphatic rings. The lowest BCUT2D eigenvalue weighted by atomic mass is 10.2. The van der Waals surface area contributed by atoms with Crippen LogP contribution in [0.1, 0.15) is 10.6 Å². The average Bonchev–Trinajstić information content (AvgIpc) is 3.25. The van der Waals surface area contributed by atoms with Gasteiger partial charge in [0.25, 0.3) is 0 Å². The predicted octanol–water partition coefficient (Wildman–Crippen LogP) is 5.39. The van der Waals surface area contributed by atoms with E-state index in [9.17, 15) is 4.39 Å². The van der Waals surface area contributed by atoms with Crippen LogP contribution in [-0.2, 0) is 6.54 Å². The lowest BCUT2D eigenvalue weighted by Crippen LogP contribution is -2.22. The Morgan fingerprint density at radius 2 is 1.88 bits per heavy atom. The fourth-order valence-corrected chi connectivity index (χ4v) is 4.58. The second kappa shape index (κ2) is 8.56. The van der Waals surface area contributed by atoms with Gasteiger partial charge in [0.15, 0.2) is 10.8 Å². The molecule has 158 valence electrons. The fourth-order valence-electron chi connectivity index (χ4n) is 3.22. The molecule has 3 aromatic heterocycles. The Kier molecular flexibility index (Phi) is 5.46. The van der Waals surface area contributed by atoms with Crippen LogP contribution in [-0.4, -0.2) is 25.8 Å². The van der Waals surface area contributed by atoms with E-state index < -0.39 is 5.82 Å². The molecule has 10 heteroatoms. The summed E-state index contributed by atoms with van der Waals surface area (Å²) in [6.07, 6.45) is 4.87. The van der Waals surface area contributed by atoms with Crippen molar-refractivity contribution in [1.29, 1.82) is 5.41 Å². The summed E-state index contributed by atoms with van der Waals surface area (Å²) < 4.78 is 15.9. The molecule has 7 nitrogen and oxygen atoms in total. The van der Waals surface area contributed by atoms with E-state index in [-0.39, 0.29) is 5.84 Å². The maximum absolute atomic E-state index is 14.4. The Morgan fingerprint density at radius 3 is 2.69 bits per heavy atom. The third-order valence-corrected chi connectivity index (χ3v) is 6.37. The lowest BCUT2D eigenvalue weighted by Gasteiger charge is -2.10. The highest BCUT2D eigenvalue weighted by Gasteiger charge is 2.16. The topological polar surface area (TPSA) is 99.5 Å². The van der Waals surface area contributed by atoms with Gasteiger partial charge in [0.2, 0.25) is 0 Å². The zero-order valence-corrected chi connectivity index (χ0v) is 18.8. The minimum Gasteiger partial charge on any atom is -0.364 e. The van der Waals surface area contributed by atoms with Gasteiger partial charge in [-0.15, -0.1) is 11.3 Å². The summed E-state index contributed by atoms with van der Waals surface area (Å²) in [5, 5.41) is 15.9. The molecule has 0 aliphatic carbocycles. The molecule has 0 saturated carbocycles. The number of amidine groups is 1. The van der Waals surface area contributed by atoms with Crippen LogP contribution in [0.4, 0.5) is 15.9 Å². The quantitative estimate of drug-likeness (QED) is 0.217. The zero-order chi connectivity index (χ0) is 22.1. The van der Waals surface area contributed by atoms with Gasteiger partial charge >= 0.3 is 0 Å². The molecule has 2 aromatic carbocycles. The van der Waals surface area contributed by atoms with Gasteiger partial charge in [0, 0.05) is 23.4 Å². The number of hydrogen-bond acceptors (Lipinski definition) is 7. The Labute approximate surface area is 194 Å². The van der Waals surface area contributed by atoms with Gasteiger partial charge in [-0.3, -0.25) is 10.4 Å². The Balaban J connectivity index is 1.51. The van der Waals surface area contributed by atoms with Crippen LogP contribution in [0.15, 0.2) is 65.7 Å². The van der Waals surface area contributed by atoms with Crippen LogP contribution in [0, 0.1) is 11.2 Å². The molecule has 0 atom stereocenters. The number of benzene rings is 2. The minimum atomic E-state index is -0.398. The van der Waals surface area contributed by atoms with E-state index in [4.69, 9.17) is 5.41 Å². The summed E-state index contributed by atoms with van der Waals surface area (Å²) in [4.78, 5) is 17.3. The number of fused-ring (bicyclic) bond motifs is 3. The van der Waals surface area contributed by atoms with Crippen LogP contribution in [0.3, 0.4) is 0 Å². The predicted molar refractivity (Wildman–Crippen MR) is 128 cm³/mol. The highest BCUT2D eigenvalue weighted by Crippen LogP contribution is 2.35. The second-order valence-electron chi connectivity index (χ2n) is 6.88. The van der Waals surface area contributed by atoms with Gasteiger partial charge in [-0.2, -0.15) is 0 Å². The second-order valence-corrected chi connectivity index (χ2v) is 8.80. The largest absolute Gasteiger partial charge is 0.364 e. The maximum atomic E-state index is 14.4. The summed E-state index contributed by atoms with van der Waals surface area (Å²) in [5.41, 5.74) is 2.76. The van der Waals surface area contributed by atoms with E-state index >= 15 is 0 Å². The molecule has 0 saturated heterocycles. The highest BCUT2D eigenvalue weighted by molar-refractivity contribution is 9.10. The Morgan fingerprint density at radius 1 is 1.06 bits per heavy atom. The molecule has 3 N–H and O–H groups in total. The zero-order valence-electron chi connectivity index (χ0n) is 16.4. The molecule has 5 rings (SSSR count). The SMILES string of the molecule is N=C(NCc1ccncc1)c1nc2ccc3ncnc(Nc4ccc(Br)cc4F)c3c2s1. The van der Waals surface area contributed by atoms with Crippen molar-refractivity contribution in [2.75, 3.05) is 5.32 Å². The van der Waals surface area contributed by atoms with E-state index in [0.717, 1.165) is 21.2 Å². The summed E-state index contributed by atoms with van der Waals surface area (Å²) in [7, 11) is 0. The van der Waals surface area contributed by atoms with Crippen LogP contribution in [0.25, 0.3) is 21.1 Å². The van der Waals surface area contributed by atoms with Crippen LogP contribution in [0.2, 0.25) is 0 Å². The number of anilines is 2. The summed E-state index contributed by atoms with van der Waals surface area (Å²) in [6, 6.07) is 12.3. The minimum absolute atomic E-state index is 0.224. The number of nitrogens with one attached hydrogen (secondary N) is 3. The highest BCUT2D eigenvalue weighted by atomic mass is 79.9. The molecule has 0 aliphatic heterocycles. The molecule has 3 heterocycles. The molecule has 0 bridgehead atoms. The monoisotopic (exact) mass is 507 g/mol. The van der Waals surface area contributed by atoms with Gasteiger partial charge in [-0.25, -0.2) is 19.3 Å². The van der Waals surface area contributed by atoms with Crippen LogP contribution >= 0.6 is 27.3 Å². The van der Waals surface area contributed by atoms with Gasteiger partial charge in [0.05, 0.1) is 26.8 Å². The summed E-state index contributed by atoms with van der Waals surface area (Å²) in [6.45, 7) is 0.497. The number of rotatable bonds is 5. The van der Waals surface area contributed by atoms with Crippen molar-refractivity contribution in [2.24, 2.45) is 0 Å². The summed E-state index contributed by atoms with van der Waals surface area (Å²) >= 11 is 4.64. The van der Waals surface area contributed by atoms with Gasteiger partial charge in [0.1, 0.15) is 18.0 Å². The molecule has 0 fully saturated rings. The van der Waals surface area contributed by atoms with Crippen molar-refractivity contribution in [1.82, 2.24) is 25.3 Å². The van der Waals surface area contributed by atoms with Crippen molar-refractivity contribution in [3.8, 4) is 0 Å². The smallest absolute Gasteiger partial charge is 0.159 e. The van der Waals surface area contributed by atoms with E-state index in [1.165, 1.54) is 23.7 Å². The molecule has 0 radical (unpaired) electrons. The number of nitrogens with zero attached hydrogens (tertiary/aromatic N) is 4. The van der Waals surface area contributed by atoms with Crippen molar-refractivity contribution in [2.45, 2.75) is 6.54 Å². The molecule has 0 amide bonds. The Hall–Kier alpha value is -3.50. The third-order valence-electron chi connectivity index (χ3n) is 4.77. The van der Waals surface area contributed by atoms with Crippen LogP contribution in [0.5, 0.6) is 0 Å². The molecule has 5 aromatic rings. The average molecular weight is 508 g/mol. The first-order chi connectivity index (χ1) is 15.6. The van der Waals surface area contributed by atoms with Gasteiger partial charge in [-0.05, 0) is 48.0 Å². The Bertz CT molecular complexity index is 1460. The van der Waals surface area contributed by atoms with Gasteiger partial charge in [-0.1, -0.05) is 15.9 Å². The molecule has 0 spiro atoms. The fraction of sp³-hybridized carbons (Fsp3) is 0.0455. The number of halogens is 2.